The van der Waals surface area contributed by atoms with E-state index in [4.69, 9.17) is 0 Å². The number of carbonyl (C=O) groups excluding carboxylic acids is 1. The van der Waals surface area contributed by atoms with Crippen LogP contribution in [0.1, 0.15) is 36.0 Å². The zero-order chi connectivity index (χ0) is 13.3. The van der Waals surface area contributed by atoms with Crippen LogP contribution in [0.25, 0.3) is 0 Å². The van der Waals surface area contributed by atoms with Gasteiger partial charge in [0.15, 0.2) is 5.78 Å². The number of piperidine rings is 1. The molecule has 1 aliphatic rings. The number of benzene rings is 1. The van der Waals surface area contributed by atoms with Gasteiger partial charge in [0.25, 0.3) is 0 Å². The molecule has 1 saturated heterocycles. The molecule has 3 heteroatoms. The molecule has 0 radical (unpaired) electrons. The van der Waals surface area contributed by atoms with Gasteiger partial charge in [-0.05, 0) is 51.2 Å². The van der Waals surface area contributed by atoms with Gasteiger partial charge in [-0.1, -0.05) is 30.3 Å². The van der Waals surface area contributed by atoms with E-state index in [0.29, 0.717) is 6.54 Å². The third-order valence-corrected chi connectivity index (χ3v) is 3.75. The Kier molecular flexibility index (Phi) is 6.05. The van der Waals surface area contributed by atoms with Crippen LogP contribution in [0.15, 0.2) is 30.3 Å². The average Bonchev–Trinajstić information content (AvgIpc) is 2.49. The summed E-state index contributed by atoms with van der Waals surface area (Å²) in [6, 6.07) is 9.49. The fraction of sp³-hybridized carbons (Fsp3) is 0.562. The summed E-state index contributed by atoms with van der Waals surface area (Å²) in [4.78, 5) is 11.8. The van der Waals surface area contributed by atoms with Crippen molar-refractivity contribution in [2.24, 2.45) is 5.92 Å². The fourth-order valence-electron chi connectivity index (χ4n) is 2.61. The zero-order valence-corrected chi connectivity index (χ0v) is 11.5. The number of Topliss-reactive ketones (excluding diaryl/α,β-unsaturated/α-hetero) is 1. The first-order chi connectivity index (χ1) is 9.36. The molecule has 1 unspecified atom stereocenters. The number of hydrogen-bond acceptors (Lipinski definition) is 3. The molecule has 0 saturated carbocycles. The fourth-order valence-corrected chi connectivity index (χ4v) is 2.61. The van der Waals surface area contributed by atoms with Crippen LogP contribution in [0.4, 0.5) is 0 Å². The van der Waals surface area contributed by atoms with Gasteiger partial charge >= 0.3 is 0 Å². The van der Waals surface area contributed by atoms with E-state index in [1.807, 2.05) is 30.3 Å². The summed E-state index contributed by atoms with van der Waals surface area (Å²) in [5.74, 6) is 1.01. The van der Waals surface area contributed by atoms with Gasteiger partial charge < -0.3 is 10.6 Å². The van der Waals surface area contributed by atoms with E-state index < -0.39 is 0 Å². The Hall–Kier alpha value is -1.19. The van der Waals surface area contributed by atoms with Crippen LogP contribution in [-0.4, -0.2) is 32.0 Å². The molecule has 2 N–H and O–H groups in total. The van der Waals surface area contributed by atoms with Gasteiger partial charge in [-0.25, -0.2) is 0 Å². The summed E-state index contributed by atoms with van der Waals surface area (Å²) in [6.45, 7) is 3.74. The first-order valence-electron chi connectivity index (χ1n) is 7.36. The predicted molar refractivity (Wildman–Crippen MR) is 78.5 cm³/mol. The second-order valence-electron chi connectivity index (χ2n) is 5.32. The molecule has 2 rings (SSSR count). The molecule has 0 amide bonds. The highest BCUT2D eigenvalue weighted by Gasteiger charge is 2.12. The predicted octanol–water partition coefficient (Wildman–Crippen LogP) is 2.24. The molecule has 1 heterocycles. The minimum Gasteiger partial charge on any atom is -0.316 e. The van der Waals surface area contributed by atoms with Gasteiger partial charge in [-0.15, -0.1) is 0 Å². The summed E-state index contributed by atoms with van der Waals surface area (Å²) in [7, 11) is 0. The smallest absolute Gasteiger partial charge is 0.176 e. The monoisotopic (exact) mass is 260 g/mol. The summed E-state index contributed by atoms with van der Waals surface area (Å²) in [5.41, 5.74) is 0.798. The van der Waals surface area contributed by atoms with Crippen molar-refractivity contribution in [1.82, 2.24) is 10.6 Å². The van der Waals surface area contributed by atoms with Gasteiger partial charge in [0.2, 0.25) is 0 Å². The van der Waals surface area contributed by atoms with Crippen LogP contribution in [0.5, 0.6) is 0 Å². The van der Waals surface area contributed by atoms with Crippen LogP contribution in [0.2, 0.25) is 0 Å². The van der Waals surface area contributed by atoms with E-state index in [9.17, 15) is 4.79 Å². The summed E-state index contributed by atoms with van der Waals surface area (Å²) < 4.78 is 0. The number of hydrogen-bond donors (Lipinski definition) is 2. The molecule has 19 heavy (non-hydrogen) atoms. The van der Waals surface area contributed by atoms with Crippen molar-refractivity contribution >= 4 is 5.78 Å². The largest absolute Gasteiger partial charge is 0.316 e. The van der Waals surface area contributed by atoms with Crippen molar-refractivity contribution < 1.29 is 4.79 Å². The number of nitrogens with one attached hydrogen (secondary N) is 2. The lowest BCUT2D eigenvalue weighted by molar-refractivity contribution is 0.0991. The molecule has 0 spiro atoms. The molecule has 1 atom stereocenters. The van der Waals surface area contributed by atoms with Gasteiger partial charge in [0.1, 0.15) is 0 Å². The highest BCUT2D eigenvalue weighted by molar-refractivity contribution is 5.97. The van der Waals surface area contributed by atoms with Gasteiger partial charge in [-0.2, -0.15) is 0 Å². The van der Waals surface area contributed by atoms with Crippen LogP contribution in [-0.2, 0) is 0 Å². The van der Waals surface area contributed by atoms with Crippen LogP contribution < -0.4 is 10.6 Å². The maximum Gasteiger partial charge on any atom is 0.176 e. The molecule has 104 valence electrons. The number of rotatable bonds is 7. The van der Waals surface area contributed by atoms with E-state index in [-0.39, 0.29) is 5.78 Å². The minimum atomic E-state index is 0.180. The second kappa shape index (κ2) is 8.08. The zero-order valence-electron chi connectivity index (χ0n) is 11.5. The molecular formula is C16H24N2O. The molecule has 0 aliphatic carbocycles. The van der Waals surface area contributed by atoms with E-state index in [1.54, 1.807) is 0 Å². The average molecular weight is 260 g/mol. The van der Waals surface area contributed by atoms with Crippen molar-refractivity contribution in [3.05, 3.63) is 35.9 Å². The topological polar surface area (TPSA) is 41.1 Å². The number of ketones is 1. The lowest BCUT2D eigenvalue weighted by atomic mass is 9.95. The molecule has 1 fully saturated rings. The summed E-state index contributed by atoms with van der Waals surface area (Å²) in [5, 5.41) is 6.69. The molecular weight excluding hydrogens is 236 g/mol. The van der Waals surface area contributed by atoms with Gasteiger partial charge in [-0.3, -0.25) is 4.79 Å². The molecule has 0 aromatic heterocycles. The van der Waals surface area contributed by atoms with Crippen molar-refractivity contribution in [2.75, 3.05) is 26.2 Å². The maximum absolute atomic E-state index is 11.8. The first-order valence-corrected chi connectivity index (χ1v) is 7.36. The van der Waals surface area contributed by atoms with Crippen molar-refractivity contribution in [3.63, 3.8) is 0 Å². The van der Waals surface area contributed by atoms with Crippen LogP contribution >= 0.6 is 0 Å². The highest BCUT2D eigenvalue weighted by atomic mass is 16.1. The normalized spacial score (nSPS) is 19.3. The highest BCUT2D eigenvalue weighted by Crippen LogP contribution is 2.15. The molecule has 1 aromatic rings. The van der Waals surface area contributed by atoms with Crippen molar-refractivity contribution in [2.45, 2.75) is 25.7 Å². The Morgan fingerprint density at radius 2 is 2.16 bits per heavy atom. The quantitative estimate of drug-likeness (QED) is 0.583. The van der Waals surface area contributed by atoms with Crippen molar-refractivity contribution in [3.8, 4) is 0 Å². The van der Waals surface area contributed by atoms with Gasteiger partial charge in [0.05, 0.1) is 6.54 Å². The third-order valence-electron chi connectivity index (χ3n) is 3.75. The van der Waals surface area contributed by atoms with Crippen LogP contribution in [0, 0.1) is 5.92 Å². The van der Waals surface area contributed by atoms with Crippen molar-refractivity contribution in [1.29, 1.82) is 0 Å². The van der Waals surface area contributed by atoms with E-state index in [0.717, 1.165) is 24.4 Å². The Morgan fingerprint density at radius 1 is 1.32 bits per heavy atom. The second-order valence-corrected chi connectivity index (χ2v) is 5.32. The molecule has 3 nitrogen and oxygen atoms in total. The van der Waals surface area contributed by atoms with Crippen LogP contribution in [0.3, 0.4) is 0 Å². The number of carbonyl (C=O) groups is 1. The van der Waals surface area contributed by atoms with E-state index in [2.05, 4.69) is 10.6 Å². The lowest BCUT2D eigenvalue weighted by Gasteiger charge is -2.22. The Balaban J connectivity index is 1.55. The molecule has 0 bridgehead atoms. The SMILES string of the molecule is O=C(CNCCCC1CCCNC1)c1ccccc1. The summed E-state index contributed by atoms with van der Waals surface area (Å²) >= 11 is 0. The first kappa shape index (κ1) is 14.2. The molecule has 1 aromatic carbocycles. The third kappa shape index (κ3) is 5.13. The lowest BCUT2D eigenvalue weighted by Crippen LogP contribution is -2.30. The molecule has 1 aliphatic heterocycles. The summed E-state index contributed by atoms with van der Waals surface area (Å²) in [6.07, 6.45) is 5.09. The van der Waals surface area contributed by atoms with E-state index in [1.165, 1.54) is 32.4 Å². The standard InChI is InChI=1S/C16H24N2O/c19-16(15-8-2-1-3-9-15)13-18-11-5-7-14-6-4-10-17-12-14/h1-3,8-9,14,17-18H,4-7,10-13H2. The maximum atomic E-state index is 11.8. The Morgan fingerprint density at radius 3 is 2.89 bits per heavy atom. The van der Waals surface area contributed by atoms with E-state index >= 15 is 0 Å². The Bertz CT molecular complexity index is 372. The minimum absolute atomic E-state index is 0.180. The van der Waals surface area contributed by atoms with Gasteiger partial charge in [0, 0.05) is 5.56 Å². The Labute approximate surface area is 115 Å².